The van der Waals surface area contributed by atoms with E-state index in [4.69, 9.17) is 10.2 Å². The minimum Gasteiger partial charge on any atom is -0.394 e. The van der Waals surface area contributed by atoms with Gasteiger partial charge in [0.2, 0.25) is 23.6 Å². The van der Waals surface area contributed by atoms with Gasteiger partial charge < -0.3 is 36.6 Å². The molecule has 7 N–H and O–H groups in total. The van der Waals surface area contributed by atoms with Crippen molar-refractivity contribution in [3.63, 3.8) is 0 Å². The van der Waals surface area contributed by atoms with Gasteiger partial charge in [-0.1, -0.05) is 0 Å². The zero-order chi connectivity index (χ0) is 18.7. The predicted molar refractivity (Wildman–Crippen MR) is 85.0 cm³/mol. The van der Waals surface area contributed by atoms with Crippen LogP contribution in [0.15, 0.2) is 0 Å². The zero-order valence-electron chi connectivity index (χ0n) is 13.0. The number of nitrogens with one attached hydrogen (secondary N) is 4. The lowest BCUT2D eigenvalue weighted by molar-refractivity contribution is -0.135. The Morgan fingerprint density at radius 2 is 1.17 bits per heavy atom. The molecule has 12 heteroatoms. The predicted octanol–water partition coefficient (Wildman–Crippen LogP) is -4.91. The number of carbonyl (C=O) groups is 4. The SMILES string of the molecule is CNC(=O)C(CO)NC(=O)C(CO)NC(=O)C(CO)NC(=O)CS. The average molecular weight is 366 g/mol. The number of hydrogen-bond donors (Lipinski definition) is 8. The molecule has 4 amide bonds. The smallest absolute Gasteiger partial charge is 0.245 e. The molecule has 0 rings (SSSR count). The van der Waals surface area contributed by atoms with Crippen molar-refractivity contribution in [3.05, 3.63) is 0 Å². The largest absolute Gasteiger partial charge is 0.394 e. The van der Waals surface area contributed by atoms with Crippen LogP contribution in [-0.2, 0) is 19.2 Å². The molecule has 0 bridgehead atoms. The minimum atomic E-state index is -1.45. The standard InChI is InChI=1S/C12H22N4O7S/c1-13-10(21)6(2-17)15-12(23)8(4-19)16-11(22)7(3-18)14-9(20)5-24/h6-8,17-19,24H,2-5H2,1H3,(H,13,21)(H,14,20)(H,15,23)(H,16,22). The fourth-order valence-electron chi connectivity index (χ4n) is 1.54. The Balaban J connectivity index is 4.82. The first-order valence-electron chi connectivity index (χ1n) is 6.89. The van der Waals surface area contributed by atoms with Gasteiger partial charge in [-0.3, -0.25) is 19.2 Å². The zero-order valence-corrected chi connectivity index (χ0v) is 13.9. The van der Waals surface area contributed by atoms with E-state index in [1.54, 1.807) is 0 Å². The number of likely N-dealkylation sites (N-methyl/N-ethyl adjacent to an activating group) is 1. The summed E-state index contributed by atoms with van der Waals surface area (Å²) in [4.78, 5) is 46.4. The van der Waals surface area contributed by atoms with Crippen LogP contribution < -0.4 is 21.3 Å². The Kier molecular flexibility index (Phi) is 10.7. The van der Waals surface area contributed by atoms with E-state index in [1.165, 1.54) is 7.05 Å². The van der Waals surface area contributed by atoms with Gasteiger partial charge in [0.15, 0.2) is 0 Å². The van der Waals surface area contributed by atoms with Crippen molar-refractivity contribution in [1.29, 1.82) is 0 Å². The van der Waals surface area contributed by atoms with E-state index in [2.05, 4.69) is 33.9 Å². The molecule has 0 saturated carbocycles. The molecule has 0 aliphatic heterocycles. The van der Waals surface area contributed by atoms with Crippen LogP contribution in [0.1, 0.15) is 0 Å². The number of amides is 4. The van der Waals surface area contributed by atoms with Gasteiger partial charge in [-0.25, -0.2) is 0 Å². The van der Waals surface area contributed by atoms with Gasteiger partial charge in [0.1, 0.15) is 18.1 Å². The Labute approximate surface area is 143 Å². The van der Waals surface area contributed by atoms with Gasteiger partial charge in [0, 0.05) is 7.05 Å². The topological polar surface area (TPSA) is 177 Å². The van der Waals surface area contributed by atoms with E-state index in [9.17, 15) is 24.3 Å². The van der Waals surface area contributed by atoms with Crippen molar-refractivity contribution < 1.29 is 34.5 Å². The summed E-state index contributed by atoms with van der Waals surface area (Å²) in [6, 6.07) is -4.04. The van der Waals surface area contributed by atoms with Crippen molar-refractivity contribution in [1.82, 2.24) is 21.3 Å². The Morgan fingerprint density at radius 3 is 1.50 bits per heavy atom. The normalized spacial score (nSPS) is 14.0. The molecule has 0 aliphatic carbocycles. The highest BCUT2D eigenvalue weighted by Crippen LogP contribution is 1.92. The van der Waals surface area contributed by atoms with Gasteiger partial charge in [-0.2, -0.15) is 12.6 Å². The highest BCUT2D eigenvalue weighted by molar-refractivity contribution is 7.81. The van der Waals surface area contributed by atoms with Crippen LogP contribution in [0.3, 0.4) is 0 Å². The van der Waals surface area contributed by atoms with Crippen LogP contribution in [0.5, 0.6) is 0 Å². The molecule has 0 heterocycles. The van der Waals surface area contributed by atoms with Crippen molar-refractivity contribution in [2.75, 3.05) is 32.6 Å². The summed E-state index contributed by atoms with van der Waals surface area (Å²) in [5.41, 5.74) is 0. The second kappa shape index (κ2) is 11.6. The maximum atomic E-state index is 11.9. The van der Waals surface area contributed by atoms with E-state index in [1.807, 2.05) is 0 Å². The molecule has 0 radical (unpaired) electrons. The second-order valence-electron chi connectivity index (χ2n) is 4.56. The van der Waals surface area contributed by atoms with Crippen LogP contribution >= 0.6 is 12.6 Å². The Morgan fingerprint density at radius 1 is 0.792 bits per heavy atom. The quantitative estimate of drug-likeness (QED) is 0.179. The van der Waals surface area contributed by atoms with Crippen molar-refractivity contribution in [2.45, 2.75) is 18.1 Å². The number of aliphatic hydroxyl groups is 3. The Hall–Kier alpha value is -1.89. The fourth-order valence-corrected chi connectivity index (χ4v) is 1.63. The van der Waals surface area contributed by atoms with Crippen molar-refractivity contribution >= 4 is 36.3 Å². The van der Waals surface area contributed by atoms with Gasteiger partial charge in [0.05, 0.1) is 25.6 Å². The maximum absolute atomic E-state index is 11.9. The van der Waals surface area contributed by atoms with Crippen molar-refractivity contribution in [3.8, 4) is 0 Å². The van der Waals surface area contributed by atoms with E-state index in [-0.39, 0.29) is 5.75 Å². The summed E-state index contributed by atoms with van der Waals surface area (Å²) < 4.78 is 0. The van der Waals surface area contributed by atoms with Crippen LogP contribution in [0.2, 0.25) is 0 Å². The van der Waals surface area contributed by atoms with E-state index in [0.717, 1.165) is 0 Å². The lowest BCUT2D eigenvalue weighted by atomic mass is 10.2. The molecule has 3 atom stereocenters. The molecule has 0 fully saturated rings. The lowest BCUT2D eigenvalue weighted by Crippen LogP contribution is -2.59. The number of aliphatic hydroxyl groups excluding tert-OH is 3. The van der Waals surface area contributed by atoms with E-state index >= 15 is 0 Å². The molecule has 24 heavy (non-hydrogen) atoms. The molecular weight excluding hydrogens is 344 g/mol. The van der Waals surface area contributed by atoms with Gasteiger partial charge in [-0.05, 0) is 0 Å². The second-order valence-corrected chi connectivity index (χ2v) is 4.88. The number of rotatable bonds is 10. The Bertz CT molecular complexity index is 463. The first-order valence-corrected chi connectivity index (χ1v) is 7.52. The fraction of sp³-hybridized carbons (Fsp3) is 0.667. The first kappa shape index (κ1) is 22.1. The summed E-state index contributed by atoms with van der Waals surface area (Å²) in [5, 5.41) is 36.0. The molecule has 3 unspecified atom stereocenters. The summed E-state index contributed by atoms with van der Waals surface area (Å²) in [6.07, 6.45) is 0. The third-order valence-corrected chi connectivity index (χ3v) is 3.14. The molecule has 0 aliphatic rings. The summed E-state index contributed by atoms with van der Waals surface area (Å²) in [7, 11) is 1.30. The van der Waals surface area contributed by atoms with Gasteiger partial charge in [0.25, 0.3) is 0 Å². The third kappa shape index (κ3) is 7.12. The van der Waals surface area contributed by atoms with Gasteiger partial charge in [-0.15, -0.1) is 0 Å². The van der Waals surface area contributed by atoms with E-state index < -0.39 is 61.6 Å². The highest BCUT2D eigenvalue weighted by Gasteiger charge is 2.28. The highest BCUT2D eigenvalue weighted by atomic mass is 32.1. The number of hydrogen-bond acceptors (Lipinski definition) is 8. The molecule has 0 aromatic rings. The molecular formula is C12H22N4O7S. The number of carbonyl (C=O) groups excluding carboxylic acids is 4. The first-order chi connectivity index (χ1) is 11.3. The summed E-state index contributed by atoms with van der Waals surface area (Å²) in [6.45, 7) is -2.22. The number of thiol groups is 1. The van der Waals surface area contributed by atoms with Crippen LogP contribution in [0.25, 0.3) is 0 Å². The van der Waals surface area contributed by atoms with E-state index in [0.29, 0.717) is 0 Å². The molecule has 0 aromatic carbocycles. The summed E-state index contributed by atoms with van der Waals surface area (Å²) in [5.74, 6) is -3.33. The van der Waals surface area contributed by atoms with Crippen molar-refractivity contribution in [2.24, 2.45) is 0 Å². The summed E-state index contributed by atoms with van der Waals surface area (Å²) >= 11 is 3.70. The van der Waals surface area contributed by atoms with Crippen LogP contribution in [0, 0.1) is 0 Å². The monoisotopic (exact) mass is 366 g/mol. The molecule has 0 aromatic heterocycles. The molecule has 11 nitrogen and oxygen atoms in total. The van der Waals surface area contributed by atoms with Gasteiger partial charge >= 0.3 is 0 Å². The molecule has 0 spiro atoms. The lowest BCUT2D eigenvalue weighted by Gasteiger charge is -2.22. The maximum Gasteiger partial charge on any atom is 0.245 e. The average Bonchev–Trinajstić information content (AvgIpc) is 2.60. The molecule has 0 saturated heterocycles. The van der Waals surface area contributed by atoms with Crippen LogP contribution in [-0.4, -0.2) is 89.7 Å². The molecule has 138 valence electrons. The third-order valence-electron chi connectivity index (χ3n) is 2.86. The minimum absolute atomic E-state index is 0.210. The van der Waals surface area contributed by atoms with Crippen LogP contribution in [0.4, 0.5) is 0 Å².